The van der Waals surface area contributed by atoms with Crippen LogP contribution in [0.2, 0.25) is 0 Å². The second kappa shape index (κ2) is 80.8. The summed E-state index contributed by atoms with van der Waals surface area (Å²) in [4.78, 5) is 68.5. The minimum atomic E-state index is -1.18. The molecule has 698 valence electrons. The quantitative estimate of drug-likeness (QED) is 0.0203. The van der Waals surface area contributed by atoms with E-state index in [1.807, 2.05) is 88.3 Å². The maximum Gasteiger partial charge on any atom is 0.348 e. The van der Waals surface area contributed by atoms with Gasteiger partial charge in [-0.1, -0.05) is 283 Å². The molecule has 8 saturated carbocycles. The van der Waals surface area contributed by atoms with Gasteiger partial charge in [-0.25, -0.2) is 14.4 Å². The van der Waals surface area contributed by atoms with Gasteiger partial charge < -0.3 is 29.3 Å². The topological polar surface area (TPSA) is 293 Å². The number of morpholine rings is 1. The van der Waals surface area contributed by atoms with Gasteiger partial charge >= 0.3 is 17.9 Å². The first-order chi connectivity index (χ1) is 60.2. The van der Waals surface area contributed by atoms with Gasteiger partial charge in [-0.2, -0.15) is 31.4 Å². The molecule has 18 heteroatoms. The number of alkyl halides is 1. The highest BCUT2D eigenvalue weighted by Crippen LogP contribution is 2.31. The Kier molecular flexibility index (Phi) is 77.3. The molecule has 0 aromatic carbocycles. The number of hydrogen-bond acceptors (Lipinski definition) is 15. The fourth-order valence-electron chi connectivity index (χ4n) is 14.5. The number of carboxylic acid groups (broad SMARTS) is 2. The number of hydroxylamine groups is 2. The normalized spacial score (nSPS) is 18.9. The lowest BCUT2D eigenvalue weighted by molar-refractivity contribution is -0.171. The highest BCUT2D eigenvalue weighted by molar-refractivity contribution is 9.09. The van der Waals surface area contributed by atoms with Crippen LogP contribution in [0.5, 0.6) is 0 Å². The number of hydrogen-bond donors (Lipinski definition) is 2. The van der Waals surface area contributed by atoms with E-state index in [1.54, 1.807) is 102 Å². The third kappa shape index (κ3) is 66.4. The average Bonchev–Trinajstić information content (AvgIpc) is 1.54. The molecule has 0 aromatic heterocycles. The number of aliphatic carboxylic acids is 2. The molecule has 0 atom stereocenters. The van der Waals surface area contributed by atoms with Crippen molar-refractivity contribution in [1.29, 1.82) is 26.3 Å². The highest BCUT2D eigenvalue weighted by Gasteiger charge is 2.18. The molecule has 1 saturated heterocycles. The fraction of sp³-hybridized carbons (Fsp3) is 0.550. The Labute approximate surface area is 777 Å². The van der Waals surface area contributed by atoms with E-state index in [0.29, 0.717) is 41.1 Å². The number of nitriles is 5. The molecule has 8 aliphatic carbocycles. The second-order valence-corrected chi connectivity index (χ2v) is 34.6. The molecule has 0 bridgehead atoms. The van der Waals surface area contributed by atoms with E-state index in [2.05, 4.69) is 107 Å². The zero-order chi connectivity index (χ0) is 93.1. The molecule has 9 fully saturated rings. The molecule has 1 aliphatic heterocycles. The second-order valence-electron chi connectivity index (χ2n) is 33.3. The summed E-state index contributed by atoms with van der Waals surface area (Å²) < 4.78 is 9.72. The number of nitrogens with zero attached hydrogens (tertiary/aromatic N) is 6. The summed E-state index contributed by atoms with van der Waals surface area (Å²) in [5, 5.41) is 62.1. The highest BCUT2D eigenvalue weighted by atomic mass is 79.9. The molecule has 0 spiro atoms. The molecular weight excluding hydrogens is 1650 g/mol. The molecule has 127 heavy (non-hydrogen) atoms. The molecule has 0 amide bonds. The molecule has 9 rings (SSSR count). The Hall–Kier alpha value is -9.71. The Morgan fingerprint density at radius 3 is 0.906 bits per heavy atom. The first kappa shape index (κ1) is 121. The molecule has 0 unspecified atom stereocenters. The van der Waals surface area contributed by atoms with Crippen LogP contribution in [-0.2, 0) is 43.1 Å². The van der Waals surface area contributed by atoms with Crippen LogP contribution < -0.4 is 0 Å². The summed E-state index contributed by atoms with van der Waals surface area (Å²) in [6, 6.07) is 9.24. The van der Waals surface area contributed by atoms with E-state index < -0.39 is 17.9 Å². The van der Waals surface area contributed by atoms with Gasteiger partial charge in [0.05, 0.1) is 39.1 Å². The maximum atomic E-state index is 10.9. The number of rotatable bonds is 26. The van der Waals surface area contributed by atoms with Crippen molar-refractivity contribution >= 4 is 52.7 Å². The van der Waals surface area contributed by atoms with Gasteiger partial charge in [0.1, 0.15) is 53.8 Å². The summed E-state index contributed by atoms with van der Waals surface area (Å²) >= 11 is 3.54. The largest absolute Gasteiger partial charge is 0.477 e. The average molecular weight is 1810 g/mol. The lowest BCUT2D eigenvalue weighted by atomic mass is 10.0. The Bertz CT molecular complexity index is 4000. The lowest BCUT2D eigenvalue weighted by Gasteiger charge is -2.23. The molecule has 9 aliphatic rings. The molecule has 0 radical (unpaired) electrons. The zero-order valence-corrected chi connectivity index (χ0v) is 79.7. The summed E-state index contributed by atoms with van der Waals surface area (Å²) in [6.07, 6.45) is 94.6. The number of aldehydes is 3. The standard InChI is InChI=1S/C17H21NO2.C16H21N.C16H22O.C12H15NO2.C11H15N.C11H16O.C8H11NO2.C6H10O.C5H9Br.C5H11NO2.2CH4/c1-13(10-11-15-8-3-4-9-15)6-5-7-14(2)16(12-18)17(19)20;2*1-14(6-5-7-15(2)12-13-17)10-11-16-8-3-4-9-16;1-9(11(8-13)12(14)15)6-7-10-4-2-3-5-10;2*1-10(8-9-12)6-7-11-4-2-3-5-11;1-4-11-8(10)7(5-9)6(2)3;7-5-6-3-1-2-4-6;6-5-3-1-2-4-5;1-7-6-2-4-8-5-3-6;;/h5-7,10-11,15H,3-4,8-9H2,1-2H3,(H,19,20);5-7,10-12,16H,3-4,8-9H2,1-2H3;5-7,10-13,16H,3-4,8-9H2,1-2H3;6-7,10H,2-5H2,1H3,(H,14,15);6-8,11H,2-5H2,1H3;6-9,11H,2-5H2,1H3;4H2,1-3H3;5-6H,1-4H2;5H,1-4H2;2-5H2,1H3;2*1H4/b7-5+,11-10+,13-6+,16-14-;2*7-5+,11-10+,14-6+,15-12+;7-6+,11-9-;2*7-6+,10-8+;;;;;;. The predicted molar refractivity (Wildman–Crippen MR) is 528 cm³/mol. The molecule has 17 nitrogen and oxygen atoms in total. The van der Waals surface area contributed by atoms with Crippen molar-refractivity contribution in [2.75, 3.05) is 40.0 Å². The lowest BCUT2D eigenvalue weighted by Crippen LogP contribution is -2.35. The van der Waals surface area contributed by atoms with Gasteiger partial charge in [0.15, 0.2) is 0 Å². The van der Waals surface area contributed by atoms with Crippen molar-refractivity contribution < 1.29 is 53.3 Å². The Morgan fingerprint density at radius 1 is 0.386 bits per heavy atom. The zero-order valence-electron chi connectivity index (χ0n) is 78.1. The third-order valence-corrected chi connectivity index (χ3v) is 23.1. The minimum absolute atomic E-state index is 0. The third-order valence-electron chi connectivity index (χ3n) is 22.2. The first-order valence-electron chi connectivity index (χ1n) is 45.6. The predicted octanol–water partition coefficient (Wildman–Crippen LogP) is 28.2. The van der Waals surface area contributed by atoms with E-state index in [1.165, 1.54) is 204 Å². The van der Waals surface area contributed by atoms with E-state index >= 15 is 0 Å². The van der Waals surface area contributed by atoms with Crippen LogP contribution in [-0.4, -0.2) is 96.9 Å². The SMILES string of the molecule is BrC1CCCC1.C.C.CC(/C=C/C1CCCC1)=C(\C#N)C(=O)O.CC(/C=C/C1CCCC1)=C\C#N.CC(/C=C/C1CCCC1)=C\C=O.CC(/C=C/C=C(C)/C=C/C1CCCC1)=C(\C#N)C(=O)O.CC(/C=C/C=C(C)/C=C/C1CCCC1)=C\C#N.CC(/C=C/C=C(C)/C=C/C1CCCC1)=C\C=O.CCOC(=O)C(C#N)=C(C)C.CON1CCOCC1.O=CC1CCCC1. The number of esters is 1. The number of carboxylic acids is 2. The van der Waals surface area contributed by atoms with E-state index in [0.717, 1.165) is 114 Å². The summed E-state index contributed by atoms with van der Waals surface area (Å²) in [6.45, 7) is 26.1. The van der Waals surface area contributed by atoms with Gasteiger partial charge in [-0.05, 0) is 267 Å². The van der Waals surface area contributed by atoms with Gasteiger partial charge in [-0.15, -0.1) is 0 Å². The number of halogens is 1. The smallest absolute Gasteiger partial charge is 0.348 e. The van der Waals surface area contributed by atoms with Gasteiger partial charge in [-0.3, -0.25) is 9.59 Å². The van der Waals surface area contributed by atoms with Crippen LogP contribution in [0.25, 0.3) is 0 Å². The molecule has 2 N–H and O–H groups in total. The van der Waals surface area contributed by atoms with Crippen molar-refractivity contribution in [2.45, 2.75) is 308 Å². The van der Waals surface area contributed by atoms with Crippen LogP contribution in [0.1, 0.15) is 303 Å². The Balaban J connectivity index is -0.00000136. The molecule has 1 heterocycles. The number of carbonyl (C=O) groups excluding carboxylic acids is 4. The van der Waals surface area contributed by atoms with E-state index in [-0.39, 0.29) is 31.6 Å². The molecule has 0 aromatic rings. The Morgan fingerprint density at radius 2 is 0.654 bits per heavy atom. The summed E-state index contributed by atoms with van der Waals surface area (Å²) in [5.74, 6) is 1.95. The van der Waals surface area contributed by atoms with Gasteiger partial charge in [0, 0.05) is 36.0 Å². The van der Waals surface area contributed by atoms with Crippen molar-refractivity contribution in [1.82, 2.24) is 5.06 Å². The number of ether oxygens (including phenoxy) is 2. The van der Waals surface area contributed by atoms with Gasteiger partial charge in [0.25, 0.3) is 0 Å². The monoisotopic (exact) mass is 1810 g/mol. The first-order valence-corrected chi connectivity index (χ1v) is 46.5. The maximum absolute atomic E-state index is 10.9. The van der Waals surface area contributed by atoms with Crippen molar-refractivity contribution in [3.63, 3.8) is 0 Å². The summed E-state index contributed by atoms with van der Waals surface area (Å²) in [5.41, 5.74) is 9.12. The fourth-order valence-corrected chi connectivity index (χ4v) is 15.1. The van der Waals surface area contributed by atoms with Crippen LogP contribution in [0.4, 0.5) is 0 Å². The van der Waals surface area contributed by atoms with Crippen molar-refractivity contribution in [2.24, 2.45) is 41.4 Å². The van der Waals surface area contributed by atoms with Crippen LogP contribution in [0.15, 0.2) is 224 Å². The van der Waals surface area contributed by atoms with Crippen LogP contribution in [0.3, 0.4) is 0 Å². The number of allylic oxidation sites excluding steroid dienone is 35. The van der Waals surface area contributed by atoms with E-state index in [9.17, 15) is 28.8 Å². The molecular formula is C109H159BrN6O11. The van der Waals surface area contributed by atoms with Crippen molar-refractivity contribution in [3.8, 4) is 30.3 Å². The van der Waals surface area contributed by atoms with Crippen LogP contribution >= 0.6 is 15.9 Å². The summed E-state index contributed by atoms with van der Waals surface area (Å²) in [7, 11) is 1.69. The van der Waals surface area contributed by atoms with Crippen LogP contribution in [0, 0.1) is 98.1 Å². The number of carbonyl (C=O) groups is 6. The minimum Gasteiger partial charge on any atom is -0.477 e. The van der Waals surface area contributed by atoms with E-state index in [4.69, 9.17) is 46.1 Å². The van der Waals surface area contributed by atoms with Gasteiger partial charge in [0.2, 0.25) is 0 Å². The van der Waals surface area contributed by atoms with Crippen molar-refractivity contribution in [3.05, 3.63) is 224 Å².